The first kappa shape index (κ1) is 16.4. The van der Waals surface area contributed by atoms with Gasteiger partial charge in [0.25, 0.3) is 0 Å². The molecule has 1 aliphatic carbocycles. The first-order chi connectivity index (χ1) is 11.0. The number of halogens is 1. The standard InChI is InChI=1S/C17H19IN2O3/c18-12-5-4-6-13(9-12)19-14(21)11-20-15(22)10-17(16(20)23)7-2-1-3-8-17/h4-6,9H,1-3,7-8,10-11H2,(H,19,21). The first-order valence-corrected chi connectivity index (χ1v) is 8.98. The summed E-state index contributed by atoms with van der Waals surface area (Å²) in [6, 6.07) is 7.40. The lowest BCUT2D eigenvalue weighted by molar-refractivity contribution is -0.144. The second-order valence-corrected chi connectivity index (χ2v) is 7.61. The average molecular weight is 426 g/mol. The second kappa shape index (κ2) is 6.59. The molecule has 6 heteroatoms. The van der Waals surface area contributed by atoms with Crippen molar-refractivity contribution in [3.8, 4) is 0 Å². The Hall–Kier alpha value is -1.44. The van der Waals surface area contributed by atoms with Crippen LogP contribution < -0.4 is 5.32 Å². The van der Waals surface area contributed by atoms with Crippen molar-refractivity contribution >= 4 is 46.0 Å². The lowest BCUT2D eigenvalue weighted by Gasteiger charge is -2.30. The second-order valence-electron chi connectivity index (χ2n) is 6.36. The molecule has 0 aromatic heterocycles. The van der Waals surface area contributed by atoms with Crippen LogP contribution in [0.5, 0.6) is 0 Å². The van der Waals surface area contributed by atoms with E-state index in [9.17, 15) is 14.4 Å². The predicted octanol–water partition coefficient (Wildman–Crippen LogP) is 2.94. The number of rotatable bonds is 3. The molecule has 3 amide bonds. The van der Waals surface area contributed by atoms with E-state index in [1.807, 2.05) is 18.2 Å². The third-order valence-electron chi connectivity index (χ3n) is 4.71. The van der Waals surface area contributed by atoms with Crippen molar-refractivity contribution in [2.24, 2.45) is 5.41 Å². The molecule has 23 heavy (non-hydrogen) atoms. The van der Waals surface area contributed by atoms with Crippen molar-refractivity contribution in [1.29, 1.82) is 0 Å². The summed E-state index contributed by atoms with van der Waals surface area (Å²) in [5.41, 5.74) is 0.144. The minimum atomic E-state index is -0.530. The van der Waals surface area contributed by atoms with Gasteiger partial charge in [-0.2, -0.15) is 0 Å². The van der Waals surface area contributed by atoms with E-state index >= 15 is 0 Å². The van der Waals surface area contributed by atoms with E-state index in [0.29, 0.717) is 5.69 Å². The van der Waals surface area contributed by atoms with Crippen LogP contribution >= 0.6 is 22.6 Å². The number of carbonyl (C=O) groups is 3. The molecule has 0 radical (unpaired) electrons. The number of likely N-dealkylation sites (tertiary alicyclic amines) is 1. The average Bonchev–Trinajstić information content (AvgIpc) is 2.72. The third kappa shape index (κ3) is 3.41. The Balaban J connectivity index is 1.66. The molecular weight excluding hydrogens is 407 g/mol. The summed E-state index contributed by atoms with van der Waals surface area (Å²) in [5.74, 6) is -0.698. The molecule has 1 aromatic carbocycles. The topological polar surface area (TPSA) is 66.5 Å². The molecule has 1 N–H and O–H groups in total. The zero-order valence-electron chi connectivity index (χ0n) is 12.8. The van der Waals surface area contributed by atoms with Crippen molar-refractivity contribution in [2.75, 3.05) is 11.9 Å². The molecule has 1 saturated heterocycles. The molecule has 1 saturated carbocycles. The highest BCUT2D eigenvalue weighted by Crippen LogP contribution is 2.45. The van der Waals surface area contributed by atoms with Crippen LogP contribution in [0, 0.1) is 8.99 Å². The number of nitrogens with zero attached hydrogens (tertiary/aromatic N) is 1. The van der Waals surface area contributed by atoms with Crippen molar-refractivity contribution < 1.29 is 14.4 Å². The summed E-state index contributed by atoms with van der Waals surface area (Å²) in [5, 5.41) is 2.75. The summed E-state index contributed by atoms with van der Waals surface area (Å²) < 4.78 is 1.01. The Kier molecular flexibility index (Phi) is 4.70. The summed E-state index contributed by atoms with van der Waals surface area (Å²) in [6.45, 7) is -0.190. The summed E-state index contributed by atoms with van der Waals surface area (Å²) >= 11 is 2.16. The number of hydrogen-bond donors (Lipinski definition) is 1. The number of anilines is 1. The molecule has 1 spiro atoms. The molecule has 0 unspecified atom stereocenters. The normalized spacial score (nSPS) is 20.1. The van der Waals surface area contributed by atoms with E-state index in [0.717, 1.165) is 40.6 Å². The van der Waals surface area contributed by atoms with Crippen LogP contribution in [0.1, 0.15) is 38.5 Å². The van der Waals surface area contributed by atoms with Crippen molar-refractivity contribution in [2.45, 2.75) is 38.5 Å². The highest BCUT2D eigenvalue weighted by molar-refractivity contribution is 14.1. The van der Waals surface area contributed by atoms with E-state index in [2.05, 4.69) is 27.9 Å². The molecule has 2 aliphatic rings. The lowest BCUT2D eigenvalue weighted by Crippen LogP contribution is -2.41. The highest BCUT2D eigenvalue weighted by atomic mass is 127. The molecule has 1 aliphatic heterocycles. The number of benzene rings is 1. The fourth-order valence-corrected chi connectivity index (χ4v) is 4.09. The molecule has 2 fully saturated rings. The highest BCUT2D eigenvalue weighted by Gasteiger charge is 2.51. The van der Waals surface area contributed by atoms with Crippen LogP contribution in [-0.4, -0.2) is 29.2 Å². The van der Waals surface area contributed by atoms with Crippen LogP contribution in [0.3, 0.4) is 0 Å². The lowest BCUT2D eigenvalue weighted by atomic mass is 9.73. The van der Waals surface area contributed by atoms with Crippen molar-refractivity contribution in [3.63, 3.8) is 0 Å². The Morgan fingerprint density at radius 3 is 2.65 bits per heavy atom. The van der Waals surface area contributed by atoms with Gasteiger partial charge in [0.2, 0.25) is 17.7 Å². The van der Waals surface area contributed by atoms with Crippen LogP contribution in [-0.2, 0) is 14.4 Å². The monoisotopic (exact) mass is 426 g/mol. The van der Waals surface area contributed by atoms with Crippen LogP contribution in [0.4, 0.5) is 5.69 Å². The van der Waals surface area contributed by atoms with Crippen molar-refractivity contribution in [1.82, 2.24) is 4.90 Å². The SMILES string of the molecule is O=C(CN1C(=O)CC2(CCCCC2)C1=O)Nc1cccc(I)c1. The summed E-state index contributed by atoms with van der Waals surface area (Å²) in [6.07, 6.45) is 4.90. The van der Waals surface area contributed by atoms with Gasteiger partial charge in [0.1, 0.15) is 6.54 Å². The fourth-order valence-electron chi connectivity index (χ4n) is 3.55. The quantitative estimate of drug-likeness (QED) is 0.597. The van der Waals surface area contributed by atoms with Gasteiger partial charge in [-0.05, 0) is 53.6 Å². The maximum Gasteiger partial charge on any atom is 0.244 e. The van der Waals surface area contributed by atoms with Gasteiger partial charge in [-0.25, -0.2) is 0 Å². The minimum Gasteiger partial charge on any atom is -0.324 e. The van der Waals surface area contributed by atoms with Crippen LogP contribution in [0.2, 0.25) is 0 Å². The molecular formula is C17H19IN2O3. The van der Waals surface area contributed by atoms with E-state index in [4.69, 9.17) is 0 Å². The third-order valence-corrected chi connectivity index (χ3v) is 5.38. The van der Waals surface area contributed by atoms with Gasteiger partial charge in [-0.15, -0.1) is 0 Å². The molecule has 1 aromatic rings. The van der Waals surface area contributed by atoms with Crippen molar-refractivity contribution in [3.05, 3.63) is 27.8 Å². The Morgan fingerprint density at radius 1 is 1.22 bits per heavy atom. The maximum absolute atomic E-state index is 12.7. The van der Waals surface area contributed by atoms with Gasteiger partial charge in [0.05, 0.1) is 5.41 Å². The summed E-state index contributed by atoms with van der Waals surface area (Å²) in [4.78, 5) is 38.2. The summed E-state index contributed by atoms with van der Waals surface area (Å²) in [7, 11) is 0. The largest absolute Gasteiger partial charge is 0.324 e. The van der Waals surface area contributed by atoms with E-state index in [1.54, 1.807) is 6.07 Å². The first-order valence-electron chi connectivity index (χ1n) is 7.90. The molecule has 3 rings (SSSR count). The van der Waals surface area contributed by atoms with Crippen LogP contribution in [0.25, 0.3) is 0 Å². The molecule has 1 heterocycles. The van der Waals surface area contributed by atoms with Gasteiger partial charge < -0.3 is 5.32 Å². The van der Waals surface area contributed by atoms with E-state index < -0.39 is 5.41 Å². The van der Waals surface area contributed by atoms with Gasteiger partial charge >= 0.3 is 0 Å². The molecule has 122 valence electrons. The smallest absolute Gasteiger partial charge is 0.244 e. The number of carbonyl (C=O) groups excluding carboxylic acids is 3. The Labute approximate surface area is 148 Å². The van der Waals surface area contributed by atoms with Crippen LogP contribution in [0.15, 0.2) is 24.3 Å². The minimum absolute atomic E-state index is 0.153. The van der Waals surface area contributed by atoms with E-state index in [-0.39, 0.29) is 30.7 Å². The fraction of sp³-hybridized carbons (Fsp3) is 0.471. The van der Waals surface area contributed by atoms with Gasteiger partial charge in [-0.3, -0.25) is 19.3 Å². The maximum atomic E-state index is 12.7. The predicted molar refractivity (Wildman–Crippen MR) is 94.6 cm³/mol. The van der Waals surface area contributed by atoms with Gasteiger partial charge in [-0.1, -0.05) is 25.3 Å². The molecule has 5 nitrogen and oxygen atoms in total. The Morgan fingerprint density at radius 2 is 1.96 bits per heavy atom. The number of hydrogen-bond acceptors (Lipinski definition) is 3. The van der Waals surface area contributed by atoms with E-state index in [1.165, 1.54) is 0 Å². The number of nitrogens with one attached hydrogen (secondary N) is 1. The molecule has 0 atom stereocenters. The Bertz CT molecular complexity index is 653. The molecule has 0 bridgehead atoms. The number of imide groups is 1. The number of amides is 3. The van der Waals surface area contributed by atoms with Gasteiger partial charge in [0.15, 0.2) is 0 Å². The zero-order valence-corrected chi connectivity index (χ0v) is 15.0. The van der Waals surface area contributed by atoms with Gasteiger partial charge in [0, 0.05) is 15.7 Å². The zero-order chi connectivity index (χ0) is 16.4.